The van der Waals surface area contributed by atoms with Gasteiger partial charge in [-0.1, -0.05) is 60.8 Å². The lowest BCUT2D eigenvalue weighted by Gasteiger charge is -2.12. The van der Waals surface area contributed by atoms with Gasteiger partial charge in [-0.3, -0.25) is 19.8 Å². The monoisotopic (exact) mass is 639 g/mol. The average molecular weight is 640 g/mol. The molecule has 4 aromatic heterocycles. The number of allylic oxidation sites excluding steroid dienone is 1. The van der Waals surface area contributed by atoms with E-state index >= 15 is 0 Å². The Morgan fingerprint density at radius 1 is 0.851 bits per heavy atom. The molecule has 234 valence electrons. The number of nitrogens with zero attached hydrogens (tertiary/aromatic N) is 3. The van der Waals surface area contributed by atoms with E-state index in [-0.39, 0.29) is 5.82 Å². The van der Waals surface area contributed by atoms with E-state index in [1.807, 2.05) is 60.9 Å². The van der Waals surface area contributed by atoms with Gasteiger partial charge < -0.3 is 10.3 Å². The second-order valence-corrected chi connectivity index (χ2v) is 14.8. The zero-order chi connectivity index (χ0) is 32.5. The van der Waals surface area contributed by atoms with Gasteiger partial charge in [-0.2, -0.15) is 14.5 Å². The SMILES string of the molecule is C=C(Cc1ccccc1)Nc1cncc(-c2cc3c(-c4cc5c(-c6cc(F)cc(CNS(=C)(=C)C)c6)cccc5[nH]4)n[nH]c3cn2)c1. The van der Waals surface area contributed by atoms with Crippen molar-refractivity contribution in [3.8, 4) is 33.8 Å². The fourth-order valence-electron chi connectivity index (χ4n) is 5.72. The minimum Gasteiger partial charge on any atom is -0.358 e. The van der Waals surface area contributed by atoms with E-state index in [1.54, 1.807) is 30.7 Å². The Hall–Kier alpha value is -5.51. The van der Waals surface area contributed by atoms with Crippen LogP contribution in [-0.4, -0.2) is 43.1 Å². The van der Waals surface area contributed by atoms with Crippen molar-refractivity contribution in [3.05, 3.63) is 133 Å². The summed E-state index contributed by atoms with van der Waals surface area (Å²) in [4.78, 5) is 12.7. The van der Waals surface area contributed by atoms with Crippen LogP contribution in [0.4, 0.5) is 10.1 Å². The highest BCUT2D eigenvalue weighted by atomic mass is 32.2. The zero-order valence-corrected chi connectivity index (χ0v) is 26.8. The molecule has 0 atom stereocenters. The van der Waals surface area contributed by atoms with Crippen LogP contribution in [0.3, 0.4) is 0 Å². The summed E-state index contributed by atoms with van der Waals surface area (Å²) < 4.78 is 18.1. The first-order chi connectivity index (χ1) is 22.7. The summed E-state index contributed by atoms with van der Waals surface area (Å²) in [7, 11) is -1.43. The van der Waals surface area contributed by atoms with Gasteiger partial charge in [0.25, 0.3) is 0 Å². The molecule has 0 unspecified atom stereocenters. The fraction of sp³-hybridized carbons (Fsp3) is 0.0789. The second kappa shape index (κ2) is 12.4. The number of pyridine rings is 2. The number of halogens is 1. The lowest BCUT2D eigenvalue weighted by atomic mass is 9.99. The summed E-state index contributed by atoms with van der Waals surface area (Å²) in [5.41, 5.74) is 10.4. The van der Waals surface area contributed by atoms with Gasteiger partial charge in [0.05, 0.1) is 35.0 Å². The van der Waals surface area contributed by atoms with E-state index in [4.69, 9.17) is 4.98 Å². The average Bonchev–Trinajstić information content (AvgIpc) is 3.68. The maximum Gasteiger partial charge on any atom is 0.124 e. The van der Waals surface area contributed by atoms with Crippen molar-refractivity contribution in [3.63, 3.8) is 0 Å². The van der Waals surface area contributed by atoms with Crippen LogP contribution < -0.4 is 10.0 Å². The number of aromatic amines is 2. The normalized spacial score (nSPS) is 11.7. The Kier molecular flexibility index (Phi) is 7.93. The van der Waals surface area contributed by atoms with Gasteiger partial charge in [0.1, 0.15) is 11.5 Å². The number of H-pyrrole nitrogens is 2. The number of anilines is 1. The molecule has 0 spiro atoms. The number of rotatable bonds is 10. The topological polar surface area (TPSA) is 94.3 Å². The molecule has 3 aromatic carbocycles. The first kappa shape index (κ1) is 30.2. The highest BCUT2D eigenvalue weighted by Crippen LogP contribution is 2.35. The van der Waals surface area contributed by atoms with Gasteiger partial charge in [0, 0.05) is 46.7 Å². The lowest BCUT2D eigenvalue weighted by Crippen LogP contribution is -2.08. The van der Waals surface area contributed by atoms with Crippen LogP contribution in [0.25, 0.3) is 55.6 Å². The van der Waals surface area contributed by atoms with E-state index in [0.717, 1.165) is 72.5 Å². The number of aromatic nitrogens is 5. The standard InChI is InChI=1S/C38H34FN7S/c1-24(13-25-9-6-5-7-10-25)43-30-17-28(21-40-22-30)35-19-33-37(23-41-35)45-46-38(33)36-18-32-31(11-8-12-34(32)44-36)27-14-26(15-29(39)16-27)20-42-47(2,3)4/h5-12,14-19,21-23,42-44H,1-3,13,20H2,4H3,(H,45,46). The quantitative estimate of drug-likeness (QED) is 0.113. The molecule has 0 aliphatic heterocycles. The van der Waals surface area contributed by atoms with Crippen molar-refractivity contribution >= 4 is 48.6 Å². The molecule has 7 nitrogen and oxygen atoms in total. The Balaban J connectivity index is 1.20. The minimum atomic E-state index is -1.43. The lowest BCUT2D eigenvalue weighted by molar-refractivity contribution is 0.625. The Labute approximate surface area is 273 Å². The largest absolute Gasteiger partial charge is 0.358 e. The molecule has 0 amide bonds. The first-order valence-corrected chi connectivity index (χ1v) is 17.5. The minimum absolute atomic E-state index is 0.288. The first-order valence-electron chi connectivity index (χ1n) is 15.1. The third-order valence-electron chi connectivity index (χ3n) is 7.88. The summed E-state index contributed by atoms with van der Waals surface area (Å²) in [5.74, 6) is 7.85. The predicted octanol–water partition coefficient (Wildman–Crippen LogP) is 8.45. The molecule has 9 heteroatoms. The van der Waals surface area contributed by atoms with Crippen LogP contribution in [0.1, 0.15) is 11.1 Å². The van der Waals surface area contributed by atoms with E-state index in [9.17, 15) is 4.39 Å². The predicted molar refractivity (Wildman–Crippen MR) is 197 cm³/mol. The molecule has 4 N–H and O–H groups in total. The van der Waals surface area contributed by atoms with Crippen molar-refractivity contribution < 1.29 is 4.39 Å². The van der Waals surface area contributed by atoms with Crippen molar-refractivity contribution in [1.29, 1.82) is 0 Å². The van der Waals surface area contributed by atoms with Crippen molar-refractivity contribution in [2.24, 2.45) is 0 Å². The molecule has 4 heterocycles. The number of hydrogen-bond acceptors (Lipinski definition) is 5. The molecule has 47 heavy (non-hydrogen) atoms. The van der Waals surface area contributed by atoms with Crippen LogP contribution in [0.2, 0.25) is 0 Å². The maximum atomic E-state index is 14.8. The van der Waals surface area contributed by atoms with Crippen molar-refractivity contribution in [2.75, 3.05) is 11.6 Å². The van der Waals surface area contributed by atoms with Crippen LogP contribution in [0, 0.1) is 5.82 Å². The highest BCUT2D eigenvalue weighted by Gasteiger charge is 2.16. The number of hydrogen-bond donors (Lipinski definition) is 4. The molecule has 0 radical (unpaired) electrons. The van der Waals surface area contributed by atoms with Gasteiger partial charge >= 0.3 is 0 Å². The Morgan fingerprint density at radius 2 is 1.70 bits per heavy atom. The summed E-state index contributed by atoms with van der Waals surface area (Å²) >= 11 is 0. The van der Waals surface area contributed by atoms with E-state index in [0.29, 0.717) is 13.0 Å². The molecule has 0 saturated heterocycles. The van der Waals surface area contributed by atoms with Crippen molar-refractivity contribution in [2.45, 2.75) is 13.0 Å². The zero-order valence-electron chi connectivity index (χ0n) is 26.0. The van der Waals surface area contributed by atoms with Crippen LogP contribution >= 0.6 is 9.39 Å². The third-order valence-corrected chi connectivity index (χ3v) is 8.72. The highest BCUT2D eigenvalue weighted by molar-refractivity contribution is 8.25. The van der Waals surface area contributed by atoms with Crippen LogP contribution in [-0.2, 0) is 13.0 Å². The number of benzene rings is 3. The number of fused-ring (bicyclic) bond motifs is 2. The maximum absolute atomic E-state index is 14.8. The molecule has 7 aromatic rings. The fourth-order valence-corrected chi connectivity index (χ4v) is 6.23. The smallest absolute Gasteiger partial charge is 0.124 e. The molecule has 0 aliphatic carbocycles. The third kappa shape index (κ3) is 6.72. The molecule has 0 aliphatic rings. The van der Waals surface area contributed by atoms with Crippen LogP contribution in [0.15, 0.2) is 116 Å². The molecule has 0 saturated carbocycles. The van der Waals surface area contributed by atoms with Gasteiger partial charge in [-0.15, -0.1) is 0 Å². The second-order valence-electron chi connectivity index (χ2n) is 11.9. The Bertz CT molecular complexity index is 2370. The summed E-state index contributed by atoms with van der Waals surface area (Å²) in [6, 6.07) is 27.5. The van der Waals surface area contributed by atoms with Crippen molar-refractivity contribution in [1.82, 2.24) is 29.9 Å². The van der Waals surface area contributed by atoms with Crippen LogP contribution in [0.5, 0.6) is 0 Å². The van der Waals surface area contributed by atoms with Gasteiger partial charge in [0.2, 0.25) is 0 Å². The molecule has 0 bridgehead atoms. The number of nitrogens with one attached hydrogen (secondary N) is 4. The Morgan fingerprint density at radius 3 is 2.53 bits per heavy atom. The summed E-state index contributed by atoms with van der Waals surface area (Å²) in [6.45, 7) is 4.69. The van der Waals surface area contributed by atoms with E-state index < -0.39 is 9.39 Å². The summed E-state index contributed by atoms with van der Waals surface area (Å²) in [5, 5.41) is 13.1. The molecule has 0 fully saturated rings. The molecule has 7 rings (SSSR count). The van der Waals surface area contributed by atoms with E-state index in [1.165, 1.54) is 5.56 Å². The summed E-state index contributed by atoms with van der Waals surface area (Å²) in [6.07, 6.45) is 8.04. The van der Waals surface area contributed by atoms with Gasteiger partial charge in [-0.05, 0) is 71.0 Å². The van der Waals surface area contributed by atoms with Gasteiger partial charge in [-0.25, -0.2) is 4.39 Å². The molecular weight excluding hydrogens is 606 g/mol. The van der Waals surface area contributed by atoms with E-state index in [2.05, 4.69) is 66.7 Å². The van der Waals surface area contributed by atoms with Gasteiger partial charge in [0.15, 0.2) is 0 Å². The molecular formula is C38H34FN7S.